The molecule has 6 nitrogen and oxygen atoms in total. The Morgan fingerprint density at radius 1 is 1.15 bits per heavy atom. The van der Waals surface area contributed by atoms with Gasteiger partial charge in [-0.05, 0) is 81.0 Å². The lowest BCUT2D eigenvalue weighted by molar-refractivity contribution is -0.191. The third-order valence-electron chi connectivity index (χ3n) is 8.88. The first-order valence-electron chi connectivity index (χ1n) is 10.3. The fourth-order valence-corrected chi connectivity index (χ4v) is 7.29. The standard InChI is InChI=1S/C20H34N4O2/c1-18-8-5-13(25)11-12(18)3-4-15-14(18)6-9-19(2)16(23-24-17(21)22)7-10-20(15,19)26/h12-15,25-26H,3-11H2,1-2H3,(H4,21,22,24)/t12?,13?,14-,15-,18+,19-,20-/m1/s1. The Labute approximate surface area is 156 Å². The molecule has 4 rings (SSSR count). The molecule has 0 radical (unpaired) electrons. The van der Waals surface area contributed by atoms with Crippen LogP contribution in [0.25, 0.3) is 0 Å². The van der Waals surface area contributed by atoms with E-state index in [0.29, 0.717) is 17.8 Å². The molecule has 0 aromatic heterocycles. The van der Waals surface area contributed by atoms with Crippen LogP contribution in [0.15, 0.2) is 5.10 Å². The first-order valence-corrected chi connectivity index (χ1v) is 10.3. The first kappa shape index (κ1) is 18.2. The Hall–Kier alpha value is -1.14. The van der Waals surface area contributed by atoms with Gasteiger partial charge in [0, 0.05) is 11.1 Å². The van der Waals surface area contributed by atoms with Crippen molar-refractivity contribution in [1.82, 2.24) is 5.43 Å². The molecule has 0 spiro atoms. The number of nitrogens with one attached hydrogen (secondary N) is 2. The predicted octanol–water partition coefficient (Wildman–Crippen LogP) is 2.34. The second-order valence-electron chi connectivity index (χ2n) is 9.80. The fraction of sp³-hybridized carbons (Fsp3) is 0.900. The molecule has 0 heterocycles. The second-order valence-corrected chi connectivity index (χ2v) is 9.80. The molecular weight excluding hydrogens is 328 g/mol. The molecule has 146 valence electrons. The van der Waals surface area contributed by atoms with Gasteiger partial charge in [-0.2, -0.15) is 5.10 Å². The van der Waals surface area contributed by atoms with Crippen LogP contribution in [0.4, 0.5) is 0 Å². The summed E-state index contributed by atoms with van der Waals surface area (Å²) in [7, 11) is 0. The van der Waals surface area contributed by atoms with Gasteiger partial charge in [0.25, 0.3) is 0 Å². The van der Waals surface area contributed by atoms with Crippen LogP contribution < -0.4 is 11.2 Å². The average molecular weight is 363 g/mol. The summed E-state index contributed by atoms with van der Waals surface area (Å²) in [5, 5.41) is 33.8. The highest BCUT2D eigenvalue weighted by Crippen LogP contribution is 2.67. The van der Waals surface area contributed by atoms with Crippen LogP contribution in [0, 0.1) is 34.0 Å². The molecule has 6 heteroatoms. The summed E-state index contributed by atoms with van der Waals surface area (Å²) in [4.78, 5) is 0. The smallest absolute Gasteiger partial charge is 0.206 e. The van der Waals surface area contributed by atoms with Crippen molar-refractivity contribution in [2.45, 2.75) is 83.3 Å². The van der Waals surface area contributed by atoms with E-state index in [9.17, 15) is 10.2 Å². The van der Waals surface area contributed by atoms with Gasteiger partial charge in [-0.25, -0.2) is 5.43 Å². The number of rotatable bonds is 1. The minimum atomic E-state index is -0.711. The molecule has 4 aliphatic carbocycles. The maximum atomic E-state index is 11.9. The number of nitrogens with two attached hydrogens (primary N) is 1. The molecule has 0 aromatic rings. The van der Waals surface area contributed by atoms with Crippen molar-refractivity contribution in [1.29, 1.82) is 5.41 Å². The molecule has 6 N–H and O–H groups in total. The van der Waals surface area contributed by atoms with Gasteiger partial charge < -0.3 is 15.9 Å². The number of aliphatic hydroxyl groups excluding tert-OH is 1. The number of fused-ring (bicyclic) bond motifs is 5. The third kappa shape index (κ3) is 2.37. The van der Waals surface area contributed by atoms with Crippen molar-refractivity contribution in [3.05, 3.63) is 0 Å². The molecule has 0 bridgehead atoms. The minimum absolute atomic E-state index is 0.135. The summed E-state index contributed by atoms with van der Waals surface area (Å²) in [6.45, 7) is 4.59. The van der Waals surface area contributed by atoms with Crippen molar-refractivity contribution in [3.63, 3.8) is 0 Å². The van der Waals surface area contributed by atoms with E-state index >= 15 is 0 Å². The quantitative estimate of drug-likeness (QED) is 0.280. The van der Waals surface area contributed by atoms with E-state index in [4.69, 9.17) is 11.1 Å². The predicted molar refractivity (Wildman–Crippen MR) is 102 cm³/mol. The van der Waals surface area contributed by atoms with E-state index in [1.165, 1.54) is 0 Å². The molecule has 2 unspecified atom stereocenters. The van der Waals surface area contributed by atoms with Crippen LogP contribution in [0.3, 0.4) is 0 Å². The maximum absolute atomic E-state index is 11.9. The maximum Gasteiger partial charge on any atom is 0.206 e. The van der Waals surface area contributed by atoms with Crippen LogP contribution in [0.2, 0.25) is 0 Å². The summed E-state index contributed by atoms with van der Waals surface area (Å²) in [5.74, 6) is 1.28. The Morgan fingerprint density at radius 3 is 2.65 bits per heavy atom. The van der Waals surface area contributed by atoms with Crippen molar-refractivity contribution in [2.24, 2.45) is 39.4 Å². The number of hydrazone groups is 1. The lowest BCUT2D eigenvalue weighted by atomic mass is 9.44. The van der Waals surface area contributed by atoms with Crippen LogP contribution >= 0.6 is 0 Å². The average Bonchev–Trinajstić information content (AvgIpc) is 2.85. The fourth-order valence-electron chi connectivity index (χ4n) is 7.29. The van der Waals surface area contributed by atoms with E-state index in [-0.39, 0.29) is 22.9 Å². The minimum Gasteiger partial charge on any atom is -0.393 e. The molecule has 4 fully saturated rings. The highest BCUT2D eigenvalue weighted by atomic mass is 16.3. The third-order valence-corrected chi connectivity index (χ3v) is 8.88. The summed E-state index contributed by atoms with van der Waals surface area (Å²) in [6, 6.07) is 0. The number of aliphatic hydroxyl groups is 2. The molecule has 4 aliphatic rings. The number of guanidine groups is 1. The second kappa shape index (κ2) is 5.93. The molecule has 7 atom stereocenters. The molecule has 26 heavy (non-hydrogen) atoms. The Bertz CT molecular complexity index is 637. The zero-order chi connectivity index (χ0) is 18.7. The number of hydrogen-bond donors (Lipinski definition) is 5. The van der Waals surface area contributed by atoms with Crippen LogP contribution in [0.5, 0.6) is 0 Å². The van der Waals surface area contributed by atoms with Gasteiger partial charge in [0.05, 0.1) is 11.7 Å². The lowest BCUT2D eigenvalue weighted by Gasteiger charge is -2.62. The summed E-state index contributed by atoms with van der Waals surface area (Å²) in [6.07, 6.45) is 8.54. The van der Waals surface area contributed by atoms with Gasteiger partial charge in [0.2, 0.25) is 5.96 Å². The summed E-state index contributed by atoms with van der Waals surface area (Å²) in [5.41, 5.74) is 8.19. The largest absolute Gasteiger partial charge is 0.393 e. The normalized spacial score (nSPS) is 52.1. The van der Waals surface area contributed by atoms with Crippen molar-refractivity contribution in [2.75, 3.05) is 0 Å². The van der Waals surface area contributed by atoms with Crippen LogP contribution in [0.1, 0.15) is 71.6 Å². The summed E-state index contributed by atoms with van der Waals surface area (Å²) < 4.78 is 0. The van der Waals surface area contributed by atoms with E-state index in [1.807, 2.05) is 0 Å². The zero-order valence-electron chi connectivity index (χ0n) is 16.1. The lowest BCUT2D eigenvalue weighted by Crippen LogP contribution is -2.62. The molecule has 0 saturated heterocycles. The first-order chi connectivity index (χ1) is 12.2. The van der Waals surface area contributed by atoms with Crippen LogP contribution in [-0.2, 0) is 0 Å². The topological polar surface area (TPSA) is 115 Å². The molecule has 0 aromatic carbocycles. The van der Waals surface area contributed by atoms with Crippen molar-refractivity contribution < 1.29 is 10.2 Å². The highest BCUT2D eigenvalue weighted by Gasteiger charge is 2.66. The van der Waals surface area contributed by atoms with E-state index in [2.05, 4.69) is 24.4 Å². The van der Waals surface area contributed by atoms with Gasteiger partial charge in [-0.1, -0.05) is 13.8 Å². The summed E-state index contributed by atoms with van der Waals surface area (Å²) >= 11 is 0. The molecule has 4 saturated carbocycles. The van der Waals surface area contributed by atoms with Crippen molar-refractivity contribution in [3.8, 4) is 0 Å². The van der Waals surface area contributed by atoms with Gasteiger partial charge in [-0.3, -0.25) is 5.41 Å². The highest BCUT2D eigenvalue weighted by molar-refractivity contribution is 5.94. The molecule has 0 amide bonds. The Balaban J connectivity index is 1.64. The van der Waals surface area contributed by atoms with Gasteiger partial charge in [0.15, 0.2) is 0 Å². The Kier molecular flexibility index (Phi) is 4.16. The molecule has 0 aliphatic heterocycles. The number of nitrogens with zero attached hydrogens (tertiary/aromatic N) is 1. The number of hydrogen-bond acceptors (Lipinski definition) is 4. The zero-order valence-corrected chi connectivity index (χ0v) is 16.1. The van der Waals surface area contributed by atoms with E-state index in [0.717, 1.165) is 63.5 Å². The SMILES string of the molecule is C[C@]12CCC(O)CC1CC[C@@H]1[C@H]2CC[C@]2(C)C(=NNC(=N)N)CC[C@@]12O. The van der Waals surface area contributed by atoms with Crippen LogP contribution in [-0.4, -0.2) is 33.6 Å². The Morgan fingerprint density at radius 2 is 1.92 bits per heavy atom. The van der Waals surface area contributed by atoms with Crippen molar-refractivity contribution >= 4 is 11.7 Å². The monoisotopic (exact) mass is 362 g/mol. The van der Waals surface area contributed by atoms with E-state index in [1.54, 1.807) is 0 Å². The van der Waals surface area contributed by atoms with Gasteiger partial charge >= 0.3 is 0 Å². The van der Waals surface area contributed by atoms with Gasteiger partial charge in [-0.15, -0.1) is 0 Å². The van der Waals surface area contributed by atoms with E-state index < -0.39 is 5.60 Å². The van der Waals surface area contributed by atoms with Gasteiger partial charge in [0.1, 0.15) is 0 Å². The molecular formula is C20H34N4O2.